The van der Waals surface area contributed by atoms with Gasteiger partial charge in [-0.3, -0.25) is 19.7 Å². The molecule has 0 saturated carbocycles. The summed E-state index contributed by atoms with van der Waals surface area (Å²) in [6, 6.07) is 12.6. The number of hydrogen-bond acceptors (Lipinski definition) is 6. The first kappa shape index (κ1) is 20.3. The first-order chi connectivity index (χ1) is 13.9. The molecule has 2 amide bonds. The van der Waals surface area contributed by atoms with Gasteiger partial charge in [-0.15, -0.1) is 0 Å². The molecule has 2 aromatic rings. The number of hydrogen-bond donors (Lipinski definition) is 2. The first-order valence-electron chi connectivity index (χ1n) is 9.13. The summed E-state index contributed by atoms with van der Waals surface area (Å²) >= 11 is 0. The van der Waals surface area contributed by atoms with E-state index in [0.717, 1.165) is 0 Å². The summed E-state index contributed by atoms with van der Waals surface area (Å²) < 4.78 is 5.57. The number of nitrogens with one attached hydrogen (secondary N) is 1. The zero-order chi connectivity index (χ0) is 21.0. The zero-order valence-electron chi connectivity index (χ0n) is 15.8. The summed E-state index contributed by atoms with van der Waals surface area (Å²) in [7, 11) is 0. The van der Waals surface area contributed by atoms with Crippen LogP contribution in [0.2, 0.25) is 0 Å². The summed E-state index contributed by atoms with van der Waals surface area (Å²) in [5.74, 6) is 0.0476. The van der Waals surface area contributed by atoms with Crippen molar-refractivity contribution in [3.63, 3.8) is 0 Å². The molecule has 2 unspecified atom stereocenters. The number of carbonyl (C=O) groups is 2. The number of nitrogens with zero attached hydrogens (tertiary/aromatic N) is 2. The number of para-hydroxylation sites is 2. The van der Waals surface area contributed by atoms with Crippen molar-refractivity contribution in [1.29, 1.82) is 0 Å². The van der Waals surface area contributed by atoms with E-state index in [2.05, 4.69) is 5.32 Å². The minimum absolute atomic E-state index is 0.0410. The molecule has 0 aromatic heterocycles. The van der Waals surface area contributed by atoms with Gasteiger partial charge in [0.2, 0.25) is 5.91 Å². The number of aliphatic hydroxyl groups excluding tert-OH is 1. The third-order valence-corrected chi connectivity index (χ3v) is 4.62. The van der Waals surface area contributed by atoms with Crippen LogP contribution in [-0.4, -0.2) is 41.0 Å². The second-order valence-corrected chi connectivity index (χ2v) is 6.64. The Morgan fingerprint density at radius 1 is 1.28 bits per heavy atom. The molecular weight excluding hydrogens is 378 g/mol. The second kappa shape index (κ2) is 8.70. The molecule has 0 fully saturated rings. The van der Waals surface area contributed by atoms with E-state index in [-0.39, 0.29) is 37.0 Å². The standard InChI is InChI=1S/C20H21N3O6/c1-13-20(26)22(16-4-2-3-5-18(16)29-13)11-10-19(25)21-12-17(24)14-6-8-15(9-7-14)23(27)28/h2-9,13,17,24H,10-12H2,1H3,(H,21,25). The molecule has 2 atom stereocenters. The molecule has 0 aliphatic carbocycles. The molecule has 0 spiro atoms. The molecular formula is C20H21N3O6. The summed E-state index contributed by atoms with van der Waals surface area (Å²) in [5.41, 5.74) is 1.01. The van der Waals surface area contributed by atoms with Crippen molar-refractivity contribution in [2.24, 2.45) is 0 Å². The van der Waals surface area contributed by atoms with E-state index in [9.17, 15) is 24.8 Å². The highest BCUT2D eigenvalue weighted by atomic mass is 16.6. The molecule has 1 aliphatic rings. The van der Waals surface area contributed by atoms with Gasteiger partial charge in [-0.2, -0.15) is 0 Å². The molecule has 1 aliphatic heterocycles. The molecule has 9 nitrogen and oxygen atoms in total. The number of aliphatic hydroxyl groups is 1. The maximum atomic E-state index is 12.4. The first-order valence-corrected chi connectivity index (χ1v) is 9.13. The highest BCUT2D eigenvalue weighted by molar-refractivity contribution is 6.00. The van der Waals surface area contributed by atoms with Gasteiger partial charge in [0.15, 0.2) is 6.10 Å². The van der Waals surface area contributed by atoms with Gasteiger partial charge in [0.1, 0.15) is 5.75 Å². The van der Waals surface area contributed by atoms with Crippen molar-refractivity contribution >= 4 is 23.2 Å². The number of nitro benzene ring substituents is 1. The van der Waals surface area contributed by atoms with Gasteiger partial charge in [-0.05, 0) is 36.8 Å². The van der Waals surface area contributed by atoms with Crippen LogP contribution in [0.5, 0.6) is 5.75 Å². The van der Waals surface area contributed by atoms with E-state index in [1.165, 1.54) is 29.2 Å². The van der Waals surface area contributed by atoms with Gasteiger partial charge in [0, 0.05) is 31.6 Å². The zero-order valence-corrected chi connectivity index (χ0v) is 15.8. The Hall–Kier alpha value is -3.46. The minimum atomic E-state index is -0.995. The number of ether oxygens (including phenoxy) is 1. The van der Waals surface area contributed by atoms with E-state index in [1.54, 1.807) is 25.1 Å². The van der Waals surface area contributed by atoms with Crippen LogP contribution in [0.4, 0.5) is 11.4 Å². The SMILES string of the molecule is CC1Oc2ccccc2N(CCC(=O)NCC(O)c2ccc([N+](=O)[O-])cc2)C1=O. The molecule has 2 N–H and O–H groups in total. The van der Waals surface area contributed by atoms with E-state index in [0.29, 0.717) is 17.0 Å². The largest absolute Gasteiger partial charge is 0.479 e. The Morgan fingerprint density at radius 2 is 1.97 bits per heavy atom. The normalized spacial score (nSPS) is 16.6. The van der Waals surface area contributed by atoms with Gasteiger partial charge in [-0.1, -0.05) is 12.1 Å². The van der Waals surface area contributed by atoms with Gasteiger partial charge < -0.3 is 20.1 Å². The van der Waals surface area contributed by atoms with Crippen molar-refractivity contribution in [2.45, 2.75) is 25.6 Å². The van der Waals surface area contributed by atoms with Crippen LogP contribution >= 0.6 is 0 Å². The fourth-order valence-corrected chi connectivity index (χ4v) is 3.04. The predicted octanol–water partition coefficient (Wildman–Crippen LogP) is 1.95. The average molecular weight is 399 g/mol. The van der Waals surface area contributed by atoms with E-state index < -0.39 is 17.1 Å². The summed E-state index contributed by atoms with van der Waals surface area (Å²) in [4.78, 5) is 36.3. The van der Waals surface area contributed by atoms with Gasteiger partial charge in [0.05, 0.1) is 16.7 Å². The predicted molar refractivity (Wildman–Crippen MR) is 105 cm³/mol. The van der Waals surface area contributed by atoms with Crippen molar-refractivity contribution in [1.82, 2.24) is 5.32 Å². The molecule has 29 heavy (non-hydrogen) atoms. The maximum absolute atomic E-state index is 12.4. The quantitative estimate of drug-likeness (QED) is 0.542. The Labute approximate surface area is 167 Å². The lowest BCUT2D eigenvalue weighted by Crippen LogP contribution is -2.46. The Balaban J connectivity index is 1.53. The molecule has 1 heterocycles. The van der Waals surface area contributed by atoms with Gasteiger partial charge in [0.25, 0.3) is 11.6 Å². The number of carbonyl (C=O) groups excluding carboxylic acids is 2. The Kier molecular flexibility index (Phi) is 6.08. The monoisotopic (exact) mass is 399 g/mol. The Bertz CT molecular complexity index is 915. The molecule has 0 bridgehead atoms. The number of amides is 2. The number of nitro groups is 1. The summed E-state index contributed by atoms with van der Waals surface area (Å²) in [6.07, 6.45) is -1.57. The number of rotatable bonds is 7. The Morgan fingerprint density at radius 3 is 2.66 bits per heavy atom. The van der Waals surface area contributed by atoms with Crippen molar-refractivity contribution in [2.75, 3.05) is 18.0 Å². The molecule has 9 heteroatoms. The van der Waals surface area contributed by atoms with E-state index in [4.69, 9.17) is 4.74 Å². The van der Waals surface area contributed by atoms with Crippen LogP contribution in [0, 0.1) is 10.1 Å². The number of non-ortho nitro benzene ring substituents is 1. The molecule has 2 aromatic carbocycles. The van der Waals surface area contributed by atoms with Gasteiger partial charge in [-0.25, -0.2) is 0 Å². The highest BCUT2D eigenvalue weighted by Gasteiger charge is 2.31. The van der Waals surface area contributed by atoms with Crippen molar-refractivity contribution in [3.8, 4) is 5.75 Å². The van der Waals surface area contributed by atoms with Crippen molar-refractivity contribution < 1.29 is 24.4 Å². The smallest absolute Gasteiger partial charge is 0.269 e. The van der Waals surface area contributed by atoms with Crippen molar-refractivity contribution in [3.05, 3.63) is 64.2 Å². The molecule has 0 radical (unpaired) electrons. The van der Waals surface area contributed by atoms with E-state index >= 15 is 0 Å². The average Bonchev–Trinajstić information content (AvgIpc) is 2.72. The van der Waals surface area contributed by atoms with Crippen LogP contribution in [0.1, 0.15) is 25.0 Å². The lowest BCUT2D eigenvalue weighted by molar-refractivity contribution is -0.384. The topological polar surface area (TPSA) is 122 Å². The van der Waals surface area contributed by atoms with Crippen LogP contribution < -0.4 is 15.0 Å². The number of benzene rings is 2. The van der Waals surface area contributed by atoms with Gasteiger partial charge >= 0.3 is 0 Å². The van der Waals surface area contributed by atoms with Crippen LogP contribution in [0.3, 0.4) is 0 Å². The van der Waals surface area contributed by atoms with E-state index in [1.807, 2.05) is 6.07 Å². The second-order valence-electron chi connectivity index (χ2n) is 6.64. The molecule has 152 valence electrons. The van der Waals surface area contributed by atoms with Crippen LogP contribution in [0.25, 0.3) is 0 Å². The third kappa shape index (κ3) is 4.69. The number of anilines is 1. The minimum Gasteiger partial charge on any atom is -0.479 e. The van der Waals surface area contributed by atoms with Crippen LogP contribution in [0.15, 0.2) is 48.5 Å². The number of fused-ring (bicyclic) bond motifs is 1. The fourth-order valence-electron chi connectivity index (χ4n) is 3.04. The summed E-state index contributed by atoms with van der Waals surface area (Å²) in [5, 5.41) is 23.4. The maximum Gasteiger partial charge on any atom is 0.269 e. The summed E-state index contributed by atoms with van der Waals surface area (Å²) in [6.45, 7) is 1.80. The fraction of sp³-hybridized carbons (Fsp3) is 0.300. The van der Waals surface area contributed by atoms with Crippen LogP contribution in [-0.2, 0) is 9.59 Å². The lowest BCUT2D eigenvalue weighted by Gasteiger charge is -2.32. The molecule has 3 rings (SSSR count). The third-order valence-electron chi connectivity index (χ3n) is 4.62. The highest BCUT2D eigenvalue weighted by Crippen LogP contribution is 2.33. The lowest BCUT2D eigenvalue weighted by atomic mass is 10.1. The molecule has 0 saturated heterocycles.